The number of hydrogen-bond donors (Lipinski definition) is 2. The van der Waals surface area contributed by atoms with Gasteiger partial charge in [0.1, 0.15) is 24.5 Å². The average Bonchev–Trinajstić information content (AvgIpc) is 3.12. The van der Waals surface area contributed by atoms with Crippen molar-refractivity contribution < 1.29 is 4.74 Å². The molecule has 1 aromatic heterocycles. The molecule has 7 nitrogen and oxygen atoms in total. The Morgan fingerprint density at radius 3 is 2.93 bits per heavy atom. The van der Waals surface area contributed by atoms with Crippen LogP contribution in [0.2, 0.25) is 0 Å². The summed E-state index contributed by atoms with van der Waals surface area (Å²) in [7, 11) is 0. The zero-order valence-corrected chi connectivity index (χ0v) is 17.4. The number of aliphatic imine (C=N–C) groups is 1. The molecule has 2 heterocycles. The SMILES string of the molecule is CCNC(=NCCOc1ccccc1C(C)(C)C)NC1CCc2ncnn2C1. The smallest absolute Gasteiger partial charge is 0.191 e. The van der Waals surface area contributed by atoms with E-state index in [4.69, 9.17) is 4.74 Å². The highest BCUT2D eigenvalue weighted by atomic mass is 16.5. The van der Waals surface area contributed by atoms with Crippen LogP contribution in [0.4, 0.5) is 0 Å². The van der Waals surface area contributed by atoms with Crippen LogP contribution in [0.15, 0.2) is 35.6 Å². The number of nitrogens with zero attached hydrogens (tertiary/aromatic N) is 4. The van der Waals surface area contributed by atoms with Crippen LogP contribution in [0.3, 0.4) is 0 Å². The molecular weight excluding hydrogens is 352 g/mol. The van der Waals surface area contributed by atoms with Gasteiger partial charge in [-0.3, -0.25) is 0 Å². The summed E-state index contributed by atoms with van der Waals surface area (Å²) >= 11 is 0. The first kappa shape index (κ1) is 20.2. The standard InChI is InChI=1S/C21H32N6O/c1-5-22-20(26-16-10-11-19-24-15-25-27(19)14-16)23-12-13-28-18-9-7-6-8-17(18)21(2,3)4/h6-9,15-16H,5,10-14H2,1-4H3,(H2,22,23,26). The molecule has 1 unspecified atom stereocenters. The van der Waals surface area contributed by atoms with Crippen molar-refractivity contribution in [3.63, 3.8) is 0 Å². The van der Waals surface area contributed by atoms with E-state index in [-0.39, 0.29) is 5.41 Å². The molecule has 0 amide bonds. The Labute approximate surface area is 167 Å². The van der Waals surface area contributed by atoms with E-state index < -0.39 is 0 Å². The van der Waals surface area contributed by atoms with Gasteiger partial charge < -0.3 is 15.4 Å². The minimum Gasteiger partial charge on any atom is -0.491 e. The third-order valence-electron chi connectivity index (χ3n) is 4.80. The molecule has 0 saturated heterocycles. The molecule has 7 heteroatoms. The molecule has 2 aromatic rings. The Balaban J connectivity index is 1.54. The number of aryl methyl sites for hydroxylation is 1. The first-order valence-corrected chi connectivity index (χ1v) is 10.1. The highest BCUT2D eigenvalue weighted by Crippen LogP contribution is 2.30. The number of para-hydroxylation sites is 1. The van der Waals surface area contributed by atoms with Crippen molar-refractivity contribution in [1.29, 1.82) is 0 Å². The lowest BCUT2D eigenvalue weighted by Gasteiger charge is -2.25. The van der Waals surface area contributed by atoms with Crippen LogP contribution in [0.25, 0.3) is 0 Å². The topological polar surface area (TPSA) is 76.4 Å². The van der Waals surface area contributed by atoms with Crippen molar-refractivity contribution in [3.05, 3.63) is 42.0 Å². The second-order valence-electron chi connectivity index (χ2n) is 8.09. The largest absolute Gasteiger partial charge is 0.491 e. The van der Waals surface area contributed by atoms with Gasteiger partial charge in [-0.25, -0.2) is 14.7 Å². The lowest BCUT2D eigenvalue weighted by atomic mass is 9.86. The van der Waals surface area contributed by atoms with E-state index in [1.54, 1.807) is 6.33 Å². The third-order valence-corrected chi connectivity index (χ3v) is 4.80. The third kappa shape index (κ3) is 5.24. The average molecular weight is 385 g/mol. The van der Waals surface area contributed by atoms with Gasteiger partial charge >= 0.3 is 0 Å². The quantitative estimate of drug-likeness (QED) is 0.455. The zero-order valence-electron chi connectivity index (χ0n) is 17.4. The molecule has 0 radical (unpaired) electrons. The van der Waals surface area contributed by atoms with Gasteiger partial charge in [-0.05, 0) is 30.4 Å². The van der Waals surface area contributed by atoms with E-state index in [1.165, 1.54) is 5.56 Å². The van der Waals surface area contributed by atoms with Gasteiger partial charge in [-0.2, -0.15) is 5.10 Å². The summed E-state index contributed by atoms with van der Waals surface area (Å²) in [5.41, 5.74) is 1.27. The first-order chi connectivity index (χ1) is 13.5. The maximum atomic E-state index is 6.03. The number of benzene rings is 1. The summed E-state index contributed by atoms with van der Waals surface area (Å²) in [5.74, 6) is 2.82. The van der Waals surface area contributed by atoms with E-state index in [9.17, 15) is 0 Å². The van der Waals surface area contributed by atoms with Crippen LogP contribution in [0, 0.1) is 0 Å². The highest BCUT2D eigenvalue weighted by Gasteiger charge is 2.21. The number of rotatable bonds is 6. The minimum absolute atomic E-state index is 0.0531. The minimum atomic E-state index is 0.0531. The molecule has 0 saturated carbocycles. The first-order valence-electron chi connectivity index (χ1n) is 10.1. The fourth-order valence-corrected chi connectivity index (χ4v) is 3.39. The predicted octanol–water partition coefficient (Wildman–Crippen LogP) is 2.52. The molecule has 1 aliphatic heterocycles. The number of fused-ring (bicyclic) bond motifs is 1. The predicted molar refractivity (Wildman–Crippen MR) is 112 cm³/mol. The van der Waals surface area contributed by atoms with Crippen LogP contribution >= 0.6 is 0 Å². The molecule has 152 valence electrons. The van der Waals surface area contributed by atoms with E-state index in [0.29, 0.717) is 19.2 Å². The Bertz CT molecular complexity index is 792. The molecule has 1 aliphatic rings. The molecule has 1 atom stereocenters. The second-order valence-corrected chi connectivity index (χ2v) is 8.09. The monoisotopic (exact) mass is 384 g/mol. The molecule has 28 heavy (non-hydrogen) atoms. The Hall–Kier alpha value is -2.57. The maximum Gasteiger partial charge on any atom is 0.191 e. The Kier molecular flexibility index (Phi) is 6.54. The summed E-state index contributed by atoms with van der Waals surface area (Å²) in [6.45, 7) is 11.4. The summed E-state index contributed by atoms with van der Waals surface area (Å²) in [6, 6.07) is 8.54. The maximum absolute atomic E-state index is 6.03. The van der Waals surface area contributed by atoms with Gasteiger partial charge in [-0.1, -0.05) is 39.0 Å². The highest BCUT2D eigenvalue weighted by molar-refractivity contribution is 5.80. The van der Waals surface area contributed by atoms with Gasteiger partial charge in [0.2, 0.25) is 0 Å². The zero-order chi connectivity index (χ0) is 20.0. The number of aromatic nitrogens is 3. The van der Waals surface area contributed by atoms with Crippen molar-refractivity contribution in [1.82, 2.24) is 25.4 Å². The molecule has 1 aromatic carbocycles. The van der Waals surface area contributed by atoms with Gasteiger partial charge in [0.15, 0.2) is 5.96 Å². The summed E-state index contributed by atoms with van der Waals surface area (Å²) in [5, 5.41) is 11.1. The van der Waals surface area contributed by atoms with E-state index in [1.807, 2.05) is 16.8 Å². The van der Waals surface area contributed by atoms with Crippen molar-refractivity contribution in [2.75, 3.05) is 19.7 Å². The van der Waals surface area contributed by atoms with Crippen molar-refractivity contribution >= 4 is 5.96 Å². The summed E-state index contributed by atoms with van der Waals surface area (Å²) < 4.78 is 8.00. The van der Waals surface area contributed by atoms with Gasteiger partial charge in [-0.15, -0.1) is 0 Å². The van der Waals surface area contributed by atoms with Crippen molar-refractivity contribution in [2.45, 2.75) is 58.5 Å². The molecule has 0 spiro atoms. The van der Waals surface area contributed by atoms with Crippen LogP contribution in [-0.2, 0) is 18.4 Å². The Morgan fingerprint density at radius 1 is 1.32 bits per heavy atom. The van der Waals surface area contributed by atoms with Crippen molar-refractivity contribution in [3.8, 4) is 5.75 Å². The van der Waals surface area contributed by atoms with E-state index in [2.05, 4.69) is 65.5 Å². The summed E-state index contributed by atoms with van der Waals surface area (Å²) in [4.78, 5) is 8.96. The van der Waals surface area contributed by atoms with Crippen molar-refractivity contribution in [2.24, 2.45) is 4.99 Å². The number of guanidine groups is 1. The van der Waals surface area contributed by atoms with Crippen LogP contribution in [0.5, 0.6) is 5.75 Å². The molecule has 2 N–H and O–H groups in total. The lowest BCUT2D eigenvalue weighted by Crippen LogP contribution is -2.47. The fraction of sp³-hybridized carbons (Fsp3) is 0.571. The van der Waals surface area contributed by atoms with Crippen LogP contribution in [-0.4, -0.2) is 46.5 Å². The number of ether oxygens (including phenoxy) is 1. The Morgan fingerprint density at radius 2 is 2.14 bits per heavy atom. The summed E-state index contributed by atoms with van der Waals surface area (Å²) in [6.07, 6.45) is 3.59. The lowest BCUT2D eigenvalue weighted by molar-refractivity contribution is 0.318. The normalized spacial score (nSPS) is 17.1. The number of nitrogens with one attached hydrogen (secondary N) is 2. The fourth-order valence-electron chi connectivity index (χ4n) is 3.39. The van der Waals surface area contributed by atoms with Crippen LogP contribution < -0.4 is 15.4 Å². The molecule has 3 rings (SSSR count). The molecule has 0 aliphatic carbocycles. The van der Waals surface area contributed by atoms with Gasteiger partial charge in [0.25, 0.3) is 0 Å². The molecule has 0 bridgehead atoms. The van der Waals surface area contributed by atoms with E-state index >= 15 is 0 Å². The number of hydrogen-bond acceptors (Lipinski definition) is 4. The second kappa shape index (κ2) is 9.08. The van der Waals surface area contributed by atoms with Crippen LogP contribution in [0.1, 0.15) is 45.5 Å². The molecule has 0 fully saturated rings. The van der Waals surface area contributed by atoms with Gasteiger partial charge in [0.05, 0.1) is 13.1 Å². The van der Waals surface area contributed by atoms with E-state index in [0.717, 1.165) is 43.5 Å². The van der Waals surface area contributed by atoms with Gasteiger partial charge in [0, 0.05) is 19.0 Å². The molecular formula is C21H32N6O.